The molecule has 1 aliphatic rings. The second-order valence-corrected chi connectivity index (χ2v) is 4.88. The van der Waals surface area contributed by atoms with Crippen LogP contribution in [-0.4, -0.2) is 47.5 Å². The van der Waals surface area contributed by atoms with Gasteiger partial charge in [0.2, 0.25) is 0 Å². The number of carbonyl (C=O) groups excluding carboxylic acids is 3. The van der Waals surface area contributed by atoms with Crippen LogP contribution in [0.4, 0.5) is 5.69 Å². The third-order valence-corrected chi connectivity index (χ3v) is 3.22. The van der Waals surface area contributed by atoms with E-state index in [0.717, 1.165) is 10.5 Å². The standard InChI is InChI=1S/C16H18N2O5/c1-2-23-15(21)9-11-3-5-12(6-4-11)17-13-10-14(20)18(7-8-19)16(13)22/h3-6,10,17,19H,2,7-9H2,1H3. The van der Waals surface area contributed by atoms with Gasteiger partial charge >= 0.3 is 5.97 Å². The van der Waals surface area contributed by atoms with Crippen molar-refractivity contribution < 1.29 is 24.2 Å². The van der Waals surface area contributed by atoms with Crippen molar-refractivity contribution in [1.82, 2.24) is 4.90 Å². The number of esters is 1. The SMILES string of the molecule is CCOC(=O)Cc1ccc(NC2=CC(=O)N(CCO)C2=O)cc1. The van der Waals surface area contributed by atoms with Gasteiger partial charge in [0.25, 0.3) is 11.8 Å². The summed E-state index contributed by atoms with van der Waals surface area (Å²) in [7, 11) is 0. The van der Waals surface area contributed by atoms with Crippen LogP contribution in [0.25, 0.3) is 0 Å². The van der Waals surface area contributed by atoms with Gasteiger partial charge in [-0.15, -0.1) is 0 Å². The van der Waals surface area contributed by atoms with Crippen molar-refractivity contribution in [3.8, 4) is 0 Å². The van der Waals surface area contributed by atoms with E-state index in [1.807, 2.05) is 0 Å². The molecule has 122 valence electrons. The second-order valence-electron chi connectivity index (χ2n) is 4.88. The van der Waals surface area contributed by atoms with Crippen LogP contribution >= 0.6 is 0 Å². The van der Waals surface area contributed by atoms with E-state index in [1.165, 1.54) is 6.08 Å². The Balaban J connectivity index is 1.99. The summed E-state index contributed by atoms with van der Waals surface area (Å²) in [5, 5.41) is 11.7. The highest BCUT2D eigenvalue weighted by Crippen LogP contribution is 2.17. The van der Waals surface area contributed by atoms with Crippen LogP contribution < -0.4 is 5.32 Å². The largest absolute Gasteiger partial charge is 0.466 e. The molecule has 7 heteroatoms. The number of ether oxygens (including phenoxy) is 1. The molecule has 0 aliphatic carbocycles. The summed E-state index contributed by atoms with van der Waals surface area (Å²) >= 11 is 0. The number of carbonyl (C=O) groups is 3. The highest BCUT2D eigenvalue weighted by atomic mass is 16.5. The van der Waals surface area contributed by atoms with Gasteiger partial charge in [0.05, 0.1) is 26.2 Å². The van der Waals surface area contributed by atoms with E-state index in [2.05, 4.69) is 5.32 Å². The molecule has 0 aromatic heterocycles. The van der Waals surface area contributed by atoms with Gasteiger partial charge in [0.1, 0.15) is 5.70 Å². The van der Waals surface area contributed by atoms with Gasteiger partial charge in [-0.25, -0.2) is 0 Å². The smallest absolute Gasteiger partial charge is 0.310 e. The number of hydrogen-bond donors (Lipinski definition) is 2. The molecule has 0 radical (unpaired) electrons. The molecular weight excluding hydrogens is 300 g/mol. The maximum atomic E-state index is 12.0. The van der Waals surface area contributed by atoms with E-state index in [1.54, 1.807) is 31.2 Å². The average Bonchev–Trinajstić information content (AvgIpc) is 2.77. The van der Waals surface area contributed by atoms with Crippen LogP contribution in [0.1, 0.15) is 12.5 Å². The Hall–Kier alpha value is -2.67. The van der Waals surface area contributed by atoms with Crippen molar-refractivity contribution in [2.45, 2.75) is 13.3 Å². The fourth-order valence-electron chi connectivity index (χ4n) is 2.15. The summed E-state index contributed by atoms with van der Waals surface area (Å²) in [5.74, 6) is -1.22. The van der Waals surface area contributed by atoms with Crippen LogP contribution in [0.2, 0.25) is 0 Å². The first-order valence-electron chi connectivity index (χ1n) is 7.25. The third-order valence-electron chi connectivity index (χ3n) is 3.22. The van der Waals surface area contributed by atoms with Crippen LogP contribution in [-0.2, 0) is 25.5 Å². The number of aliphatic hydroxyl groups excluding tert-OH is 1. The predicted molar refractivity (Wildman–Crippen MR) is 82.3 cm³/mol. The highest BCUT2D eigenvalue weighted by Gasteiger charge is 2.30. The number of rotatable bonds is 7. The van der Waals surface area contributed by atoms with E-state index < -0.39 is 11.8 Å². The number of aliphatic hydroxyl groups is 1. The molecule has 0 atom stereocenters. The molecule has 0 bridgehead atoms. The van der Waals surface area contributed by atoms with Crippen molar-refractivity contribution in [3.05, 3.63) is 41.6 Å². The summed E-state index contributed by atoms with van der Waals surface area (Å²) in [6, 6.07) is 6.91. The minimum atomic E-state index is -0.473. The van der Waals surface area contributed by atoms with Gasteiger partial charge in [0.15, 0.2) is 0 Å². The number of nitrogens with zero attached hydrogens (tertiary/aromatic N) is 1. The Labute approximate surface area is 133 Å². The average molecular weight is 318 g/mol. The van der Waals surface area contributed by atoms with Gasteiger partial charge in [0, 0.05) is 11.8 Å². The topological polar surface area (TPSA) is 95.9 Å². The van der Waals surface area contributed by atoms with E-state index in [4.69, 9.17) is 9.84 Å². The lowest BCUT2D eigenvalue weighted by atomic mass is 10.1. The fraction of sp³-hybridized carbons (Fsp3) is 0.312. The first kappa shape index (κ1) is 16.7. The molecule has 2 amide bonds. The molecule has 0 saturated carbocycles. The molecule has 1 heterocycles. The molecule has 0 unspecified atom stereocenters. The van der Waals surface area contributed by atoms with Gasteiger partial charge in [-0.05, 0) is 24.6 Å². The van der Waals surface area contributed by atoms with Gasteiger partial charge in [-0.1, -0.05) is 12.1 Å². The predicted octanol–water partition coefficient (Wildman–Crippen LogP) is 0.449. The number of anilines is 1. The number of imide groups is 1. The monoisotopic (exact) mass is 318 g/mol. The van der Waals surface area contributed by atoms with Crippen molar-refractivity contribution in [2.75, 3.05) is 25.1 Å². The molecule has 0 saturated heterocycles. The minimum Gasteiger partial charge on any atom is -0.466 e. The summed E-state index contributed by atoms with van der Waals surface area (Å²) in [4.78, 5) is 36.0. The van der Waals surface area contributed by atoms with Gasteiger partial charge < -0.3 is 15.2 Å². The van der Waals surface area contributed by atoms with E-state index in [9.17, 15) is 14.4 Å². The minimum absolute atomic E-state index is 0.0299. The maximum absolute atomic E-state index is 12.0. The normalized spacial score (nSPS) is 14.0. The Bertz CT molecular complexity index is 636. The van der Waals surface area contributed by atoms with E-state index in [-0.39, 0.29) is 31.2 Å². The number of hydrogen-bond acceptors (Lipinski definition) is 6. The van der Waals surface area contributed by atoms with Crippen molar-refractivity contribution >= 4 is 23.5 Å². The number of amides is 2. The Morgan fingerprint density at radius 3 is 2.57 bits per heavy atom. The molecule has 0 fully saturated rings. The molecule has 2 N–H and O–H groups in total. The highest BCUT2D eigenvalue weighted by molar-refractivity contribution is 6.17. The summed E-state index contributed by atoms with van der Waals surface area (Å²) in [5.41, 5.74) is 1.57. The van der Waals surface area contributed by atoms with Crippen molar-refractivity contribution in [2.24, 2.45) is 0 Å². The first-order valence-corrected chi connectivity index (χ1v) is 7.25. The van der Waals surface area contributed by atoms with E-state index in [0.29, 0.717) is 12.3 Å². The molecular formula is C16H18N2O5. The number of β-amino-alcohol motifs (C(OH)–C–C–N with tert-alkyl or cyclic N) is 1. The Kier molecular flexibility index (Phi) is 5.48. The molecule has 7 nitrogen and oxygen atoms in total. The molecule has 1 aromatic rings. The fourth-order valence-corrected chi connectivity index (χ4v) is 2.15. The summed E-state index contributed by atoms with van der Waals surface area (Å²) in [6.45, 7) is 1.78. The summed E-state index contributed by atoms with van der Waals surface area (Å²) < 4.78 is 4.87. The molecule has 2 rings (SSSR count). The lowest BCUT2D eigenvalue weighted by molar-refractivity contribution is -0.142. The number of benzene rings is 1. The van der Waals surface area contributed by atoms with Gasteiger partial charge in [-0.2, -0.15) is 0 Å². The van der Waals surface area contributed by atoms with Gasteiger partial charge in [-0.3, -0.25) is 19.3 Å². The van der Waals surface area contributed by atoms with Crippen molar-refractivity contribution in [3.63, 3.8) is 0 Å². The van der Waals surface area contributed by atoms with Crippen LogP contribution in [0.5, 0.6) is 0 Å². The number of nitrogens with one attached hydrogen (secondary N) is 1. The van der Waals surface area contributed by atoms with E-state index >= 15 is 0 Å². The molecule has 1 aromatic carbocycles. The molecule has 1 aliphatic heterocycles. The van der Waals surface area contributed by atoms with Crippen LogP contribution in [0.3, 0.4) is 0 Å². The molecule has 0 spiro atoms. The zero-order valence-electron chi connectivity index (χ0n) is 12.7. The third kappa shape index (κ3) is 4.17. The summed E-state index contributed by atoms with van der Waals surface area (Å²) in [6.07, 6.45) is 1.38. The zero-order chi connectivity index (χ0) is 16.8. The van der Waals surface area contributed by atoms with Crippen molar-refractivity contribution in [1.29, 1.82) is 0 Å². The van der Waals surface area contributed by atoms with Crippen LogP contribution in [0, 0.1) is 0 Å². The Morgan fingerprint density at radius 2 is 1.96 bits per heavy atom. The maximum Gasteiger partial charge on any atom is 0.310 e. The van der Waals surface area contributed by atoms with Crippen LogP contribution in [0.15, 0.2) is 36.0 Å². The Morgan fingerprint density at radius 1 is 1.26 bits per heavy atom. The second kappa shape index (κ2) is 7.55. The molecule has 23 heavy (non-hydrogen) atoms. The lowest BCUT2D eigenvalue weighted by Gasteiger charge is -2.13. The first-order chi connectivity index (χ1) is 11.0. The quantitative estimate of drug-likeness (QED) is 0.560. The zero-order valence-corrected chi connectivity index (χ0v) is 12.7. The lowest BCUT2D eigenvalue weighted by Crippen LogP contribution is -2.34.